The summed E-state index contributed by atoms with van der Waals surface area (Å²) >= 11 is 10.4. The molecule has 2 aliphatic heterocycles. The summed E-state index contributed by atoms with van der Waals surface area (Å²) in [5.41, 5.74) is 0.644. The number of pyridine rings is 1. The molecule has 0 aromatic carbocycles. The minimum absolute atomic E-state index is 0.242. The molecule has 2 aromatic rings. The predicted molar refractivity (Wildman–Crippen MR) is 130 cm³/mol. The normalized spacial score (nSPS) is 18.0. The Balaban J connectivity index is 1.31. The number of cyclic esters (lactones) is 1. The van der Waals surface area contributed by atoms with Crippen molar-refractivity contribution in [3.8, 4) is 0 Å². The van der Waals surface area contributed by atoms with Crippen molar-refractivity contribution in [2.45, 2.75) is 6.10 Å². The third-order valence-corrected chi connectivity index (χ3v) is 6.17. The molecule has 180 valence electrons. The number of carbonyl (C=O) groups is 1. The van der Waals surface area contributed by atoms with Crippen LogP contribution in [0.4, 0.5) is 22.1 Å². The predicted octanol–water partition coefficient (Wildman–Crippen LogP) is 0.988. The first kappa shape index (κ1) is 23.6. The molecule has 4 heterocycles. The molecular weight excluding hydrogens is 484 g/mol. The minimum Gasteiger partial charge on any atom is -0.474 e. The lowest BCUT2D eigenvalue weighted by molar-refractivity contribution is -0.389. The van der Waals surface area contributed by atoms with Crippen LogP contribution in [0.1, 0.15) is 0 Å². The van der Waals surface area contributed by atoms with E-state index in [1.807, 2.05) is 17.0 Å². The first-order chi connectivity index (χ1) is 16.4. The van der Waals surface area contributed by atoms with Gasteiger partial charge in [-0.2, -0.15) is 0 Å². The summed E-state index contributed by atoms with van der Waals surface area (Å²) in [7, 11) is 1.47. The fourth-order valence-electron chi connectivity index (χ4n) is 3.62. The highest BCUT2D eigenvalue weighted by Gasteiger charge is 2.33. The lowest BCUT2D eigenvalue weighted by atomic mass is 10.3. The average molecular weight is 507 g/mol. The number of hydrogen-bond donors (Lipinski definition) is 1. The Morgan fingerprint density at radius 2 is 2.06 bits per heavy atom. The van der Waals surface area contributed by atoms with Crippen LogP contribution < -0.4 is 15.1 Å². The number of aromatic nitrogens is 3. The van der Waals surface area contributed by atoms with Crippen LogP contribution in [-0.2, 0) is 9.47 Å². The van der Waals surface area contributed by atoms with E-state index in [-0.39, 0.29) is 17.1 Å². The SMILES string of the molecule is COC(=S)NC[C@H]1CN(c2ccc(N3CCN(C(=S)n4ccc([N+](=O)[O-])n4)CC3)nc2)C(=O)O1. The molecular formula is C19H22N8O5S2. The number of nitro groups is 1. The van der Waals surface area contributed by atoms with Crippen LogP contribution in [0.2, 0.25) is 0 Å². The second-order valence-electron chi connectivity index (χ2n) is 7.50. The number of rotatable bonds is 5. The molecule has 0 spiro atoms. The van der Waals surface area contributed by atoms with Gasteiger partial charge in [0.25, 0.3) is 5.17 Å². The first-order valence-corrected chi connectivity index (χ1v) is 11.2. The fourth-order valence-corrected chi connectivity index (χ4v) is 3.99. The number of methoxy groups -OCH3 is 1. The van der Waals surface area contributed by atoms with Gasteiger partial charge < -0.3 is 34.7 Å². The standard InChI is InChI=1S/C19H22N8O5S2/c1-31-17(33)21-11-14-12-25(19(28)32-14)13-2-3-15(20-10-13)23-6-8-24(9-7-23)18(34)26-5-4-16(22-26)27(29)30/h2-5,10,14H,6-9,11-12H2,1H3,(H,21,33)/t14-/m0/s1. The summed E-state index contributed by atoms with van der Waals surface area (Å²) in [4.78, 5) is 32.6. The third-order valence-electron chi connectivity index (χ3n) is 5.41. The number of carbonyl (C=O) groups excluding carboxylic acids is 1. The molecule has 0 radical (unpaired) electrons. The van der Waals surface area contributed by atoms with E-state index < -0.39 is 11.0 Å². The van der Waals surface area contributed by atoms with Crippen molar-refractivity contribution in [2.24, 2.45) is 0 Å². The Morgan fingerprint density at radius 1 is 1.29 bits per heavy atom. The highest BCUT2D eigenvalue weighted by atomic mass is 32.1. The molecule has 34 heavy (non-hydrogen) atoms. The summed E-state index contributed by atoms with van der Waals surface area (Å²) in [5, 5.41) is 18.3. The van der Waals surface area contributed by atoms with Gasteiger partial charge in [0.15, 0.2) is 0 Å². The van der Waals surface area contributed by atoms with Gasteiger partial charge in [0.2, 0.25) is 5.11 Å². The molecule has 1 atom stereocenters. The number of piperazine rings is 1. The van der Waals surface area contributed by atoms with Gasteiger partial charge in [0.1, 0.15) is 11.9 Å². The molecule has 2 saturated heterocycles. The van der Waals surface area contributed by atoms with Crippen LogP contribution in [0.15, 0.2) is 30.6 Å². The van der Waals surface area contributed by atoms with Crippen LogP contribution in [0.5, 0.6) is 0 Å². The molecule has 2 aromatic heterocycles. The van der Waals surface area contributed by atoms with Crippen LogP contribution in [0.25, 0.3) is 0 Å². The number of nitrogens with one attached hydrogen (secondary N) is 1. The summed E-state index contributed by atoms with van der Waals surface area (Å²) in [6.07, 6.45) is 2.34. The van der Waals surface area contributed by atoms with E-state index in [9.17, 15) is 14.9 Å². The Kier molecular flexibility index (Phi) is 7.02. The van der Waals surface area contributed by atoms with E-state index in [0.29, 0.717) is 50.1 Å². The maximum atomic E-state index is 12.3. The van der Waals surface area contributed by atoms with E-state index in [0.717, 1.165) is 5.82 Å². The van der Waals surface area contributed by atoms with Crippen molar-refractivity contribution in [3.05, 3.63) is 40.7 Å². The van der Waals surface area contributed by atoms with E-state index >= 15 is 0 Å². The van der Waals surface area contributed by atoms with Crippen LogP contribution in [-0.4, -0.2) is 93.5 Å². The van der Waals surface area contributed by atoms with Crippen LogP contribution in [0.3, 0.4) is 0 Å². The summed E-state index contributed by atoms with van der Waals surface area (Å²) in [6.45, 7) is 3.29. The Labute approximate surface area is 205 Å². The first-order valence-electron chi connectivity index (χ1n) is 10.4. The van der Waals surface area contributed by atoms with Crippen LogP contribution >= 0.6 is 24.4 Å². The molecule has 15 heteroatoms. The number of amides is 1. The highest BCUT2D eigenvalue weighted by Crippen LogP contribution is 2.23. The van der Waals surface area contributed by atoms with Crippen molar-refractivity contribution in [3.63, 3.8) is 0 Å². The largest absolute Gasteiger partial charge is 0.474 e. The van der Waals surface area contributed by atoms with E-state index in [1.54, 1.807) is 6.20 Å². The van der Waals surface area contributed by atoms with Crippen molar-refractivity contribution < 1.29 is 19.2 Å². The second-order valence-corrected chi connectivity index (χ2v) is 8.23. The lowest BCUT2D eigenvalue weighted by Gasteiger charge is -2.36. The molecule has 1 N–H and O–H groups in total. The number of hydrogen-bond acceptors (Lipinski definition) is 10. The molecule has 0 bridgehead atoms. The molecule has 13 nitrogen and oxygen atoms in total. The molecule has 2 aliphatic rings. The Morgan fingerprint density at radius 3 is 2.68 bits per heavy atom. The summed E-state index contributed by atoms with van der Waals surface area (Å²) in [6, 6.07) is 5.01. The van der Waals surface area contributed by atoms with Gasteiger partial charge in [0, 0.05) is 26.2 Å². The summed E-state index contributed by atoms with van der Waals surface area (Å²) in [5.74, 6) is 0.536. The fraction of sp³-hybridized carbons (Fsp3) is 0.421. The molecule has 0 saturated carbocycles. The number of nitrogens with zero attached hydrogens (tertiary/aromatic N) is 7. The molecule has 0 aliphatic carbocycles. The van der Waals surface area contributed by atoms with Gasteiger partial charge in [-0.25, -0.2) is 9.78 Å². The van der Waals surface area contributed by atoms with E-state index in [2.05, 4.69) is 20.3 Å². The smallest absolute Gasteiger partial charge is 0.414 e. The minimum atomic E-state index is -0.554. The molecule has 4 rings (SSSR count). The van der Waals surface area contributed by atoms with Gasteiger partial charge in [-0.15, -0.1) is 4.68 Å². The quantitative estimate of drug-likeness (QED) is 0.352. The topological polar surface area (TPSA) is 131 Å². The molecule has 0 unspecified atom stereocenters. The van der Waals surface area contributed by atoms with Crippen molar-refractivity contribution in [1.82, 2.24) is 25.0 Å². The van der Waals surface area contributed by atoms with Crippen molar-refractivity contribution in [2.75, 3.05) is 56.2 Å². The van der Waals surface area contributed by atoms with E-state index in [1.165, 1.54) is 29.0 Å². The maximum Gasteiger partial charge on any atom is 0.414 e. The number of ether oxygens (including phenoxy) is 2. The van der Waals surface area contributed by atoms with Crippen molar-refractivity contribution in [1.29, 1.82) is 0 Å². The Hall–Kier alpha value is -3.59. The van der Waals surface area contributed by atoms with Crippen molar-refractivity contribution >= 4 is 58.1 Å². The van der Waals surface area contributed by atoms with Gasteiger partial charge in [-0.3, -0.25) is 4.90 Å². The monoisotopic (exact) mass is 506 g/mol. The number of thiocarbonyl (C=S) groups is 2. The zero-order valence-corrected chi connectivity index (χ0v) is 19.8. The van der Waals surface area contributed by atoms with Gasteiger partial charge in [-0.05, 0) is 41.5 Å². The van der Waals surface area contributed by atoms with Crippen LogP contribution in [0, 0.1) is 10.1 Å². The Bertz CT molecular complexity index is 1090. The third kappa shape index (κ3) is 5.14. The lowest BCUT2D eigenvalue weighted by Crippen LogP contribution is -2.50. The second kappa shape index (κ2) is 10.1. The van der Waals surface area contributed by atoms with Gasteiger partial charge >= 0.3 is 11.9 Å². The molecule has 1 amide bonds. The van der Waals surface area contributed by atoms with Gasteiger partial charge in [0.05, 0.1) is 49.4 Å². The average Bonchev–Trinajstić information content (AvgIpc) is 3.49. The molecule has 2 fully saturated rings. The van der Waals surface area contributed by atoms with E-state index in [4.69, 9.17) is 33.9 Å². The maximum absolute atomic E-state index is 12.3. The highest BCUT2D eigenvalue weighted by molar-refractivity contribution is 7.80. The number of anilines is 2. The zero-order chi connectivity index (χ0) is 24.2. The zero-order valence-electron chi connectivity index (χ0n) is 18.2. The van der Waals surface area contributed by atoms with Gasteiger partial charge in [-0.1, -0.05) is 0 Å². The summed E-state index contributed by atoms with van der Waals surface area (Å²) < 4.78 is 11.6.